The second kappa shape index (κ2) is 8.29. The summed E-state index contributed by atoms with van der Waals surface area (Å²) < 4.78 is 78.2. The van der Waals surface area contributed by atoms with Crippen LogP contribution in [0.4, 0.5) is 26.3 Å². The molecule has 0 amide bonds. The Kier molecular flexibility index (Phi) is 6.43. The first kappa shape index (κ1) is 22.5. The lowest BCUT2D eigenvalue weighted by molar-refractivity contribution is -0.143. The van der Waals surface area contributed by atoms with Gasteiger partial charge in [0.05, 0.1) is 11.1 Å². The monoisotopic (exact) mass is 411 g/mol. The summed E-state index contributed by atoms with van der Waals surface area (Å²) in [5.41, 5.74) is 4.39. The summed E-state index contributed by atoms with van der Waals surface area (Å²) in [6.45, 7) is 9.39. The van der Waals surface area contributed by atoms with Gasteiger partial charge in [0.25, 0.3) is 0 Å². The van der Waals surface area contributed by atoms with Gasteiger partial charge < -0.3 is 5.73 Å². The molecule has 0 atom stereocenters. The molecule has 0 aliphatic carbocycles. The Morgan fingerprint density at radius 2 is 1.48 bits per heavy atom. The summed E-state index contributed by atoms with van der Waals surface area (Å²) in [6.07, 6.45) is -6.75. The molecular formula is C22H19F6N. The van der Waals surface area contributed by atoms with Gasteiger partial charge in [-0.25, -0.2) is 0 Å². The Balaban J connectivity index is 2.59. The lowest BCUT2D eigenvalue weighted by Gasteiger charge is -2.14. The highest BCUT2D eigenvalue weighted by Gasteiger charge is 2.36. The van der Waals surface area contributed by atoms with Crippen molar-refractivity contribution < 1.29 is 26.3 Å². The van der Waals surface area contributed by atoms with Gasteiger partial charge in [-0.3, -0.25) is 0 Å². The zero-order chi connectivity index (χ0) is 22.0. The number of benzene rings is 2. The van der Waals surface area contributed by atoms with Gasteiger partial charge in [-0.1, -0.05) is 37.4 Å². The quantitative estimate of drug-likeness (QED) is 0.705. The van der Waals surface area contributed by atoms with Crippen molar-refractivity contribution in [3.8, 4) is 0 Å². The number of allylic oxidation sites excluding steroid dienone is 2. The fourth-order valence-electron chi connectivity index (χ4n) is 2.58. The summed E-state index contributed by atoms with van der Waals surface area (Å²) in [6, 6.07) is 6.79. The van der Waals surface area contributed by atoms with Gasteiger partial charge in [-0.15, -0.1) is 0 Å². The predicted octanol–water partition coefficient (Wildman–Crippen LogP) is 4.99. The molecule has 0 aliphatic rings. The number of hydrogen-bond donors (Lipinski definition) is 1. The summed E-state index contributed by atoms with van der Waals surface area (Å²) in [5, 5.41) is 1.29. The molecule has 7 heteroatoms. The number of halogens is 6. The number of alkyl halides is 6. The predicted molar refractivity (Wildman–Crippen MR) is 104 cm³/mol. The van der Waals surface area contributed by atoms with Crippen LogP contribution in [0.2, 0.25) is 0 Å². The molecule has 2 N–H and O–H groups in total. The Hall–Kier alpha value is -2.80. The van der Waals surface area contributed by atoms with Crippen LogP contribution >= 0.6 is 0 Å². The Bertz CT molecular complexity index is 1030. The highest BCUT2D eigenvalue weighted by atomic mass is 19.4. The second-order valence-corrected chi connectivity index (χ2v) is 6.53. The fourth-order valence-corrected chi connectivity index (χ4v) is 2.58. The third-order valence-electron chi connectivity index (χ3n) is 4.36. The normalized spacial score (nSPS) is 13.7. The SMILES string of the molecule is C=C(CN)c1ccc(=C)/c(=C\C=C(/C)c2cc(C(F)(F)F)cc(C(F)(F)F)c2)c1. The van der Waals surface area contributed by atoms with Crippen LogP contribution in [0.25, 0.3) is 23.8 Å². The molecule has 0 saturated heterocycles. The molecule has 1 nitrogen and oxygen atoms in total. The molecule has 154 valence electrons. The highest BCUT2D eigenvalue weighted by molar-refractivity contribution is 5.71. The van der Waals surface area contributed by atoms with Crippen molar-refractivity contribution >= 4 is 23.8 Å². The lowest BCUT2D eigenvalue weighted by atomic mass is 9.99. The molecule has 0 saturated carbocycles. The molecule has 0 aliphatic heterocycles. The molecule has 0 heterocycles. The second-order valence-electron chi connectivity index (χ2n) is 6.53. The van der Waals surface area contributed by atoms with E-state index in [2.05, 4.69) is 13.2 Å². The van der Waals surface area contributed by atoms with Crippen LogP contribution in [0.5, 0.6) is 0 Å². The summed E-state index contributed by atoms with van der Waals surface area (Å²) >= 11 is 0. The van der Waals surface area contributed by atoms with Gasteiger partial charge in [-0.05, 0) is 63.9 Å². The molecule has 0 spiro atoms. The van der Waals surface area contributed by atoms with E-state index >= 15 is 0 Å². The minimum atomic E-state index is -4.89. The topological polar surface area (TPSA) is 26.0 Å². The largest absolute Gasteiger partial charge is 0.416 e. The van der Waals surface area contributed by atoms with E-state index in [1.165, 1.54) is 13.0 Å². The van der Waals surface area contributed by atoms with Crippen LogP contribution in [0.1, 0.15) is 29.2 Å². The van der Waals surface area contributed by atoms with Crippen molar-refractivity contribution in [1.82, 2.24) is 0 Å². The molecule has 0 fully saturated rings. The number of nitrogens with two attached hydrogens (primary N) is 1. The van der Waals surface area contributed by atoms with E-state index in [0.29, 0.717) is 28.1 Å². The van der Waals surface area contributed by atoms with Crippen LogP contribution in [0.15, 0.2) is 49.1 Å². The van der Waals surface area contributed by atoms with E-state index in [1.54, 1.807) is 24.3 Å². The van der Waals surface area contributed by atoms with E-state index in [1.807, 2.05) is 0 Å². The van der Waals surface area contributed by atoms with Crippen molar-refractivity contribution in [2.45, 2.75) is 19.3 Å². The highest BCUT2D eigenvalue weighted by Crippen LogP contribution is 2.37. The third kappa shape index (κ3) is 5.60. The third-order valence-corrected chi connectivity index (χ3v) is 4.36. The zero-order valence-electron chi connectivity index (χ0n) is 15.6. The van der Waals surface area contributed by atoms with Crippen LogP contribution in [0.3, 0.4) is 0 Å². The number of rotatable bonds is 4. The Labute approximate surface area is 164 Å². The lowest BCUT2D eigenvalue weighted by Crippen LogP contribution is -2.23. The maximum absolute atomic E-state index is 13.0. The van der Waals surface area contributed by atoms with Gasteiger partial charge >= 0.3 is 12.4 Å². The molecular weight excluding hydrogens is 392 g/mol. The maximum Gasteiger partial charge on any atom is 0.416 e. The van der Waals surface area contributed by atoms with Crippen molar-refractivity contribution in [2.75, 3.05) is 6.54 Å². The standard InChI is InChI=1S/C22H19F6N/c1-13-4-7-17(15(3)12-29)8-16(13)6-5-14(2)18-9-19(21(23,24)25)11-20(10-18)22(26,27)28/h4-11H,1,3,12,29H2,2H3/b14-5+,16-6-. The van der Waals surface area contributed by atoms with E-state index < -0.39 is 23.5 Å². The first-order valence-corrected chi connectivity index (χ1v) is 8.48. The van der Waals surface area contributed by atoms with Gasteiger partial charge in [0.15, 0.2) is 0 Å². The van der Waals surface area contributed by atoms with Crippen molar-refractivity contribution in [3.63, 3.8) is 0 Å². The Morgan fingerprint density at radius 3 is 1.97 bits per heavy atom. The fraction of sp³-hybridized carbons (Fsp3) is 0.182. The molecule has 2 aromatic carbocycles. The van der Waals surface area contributed by atoms with Crippen molar-refractivity contribution in [3.05, 3.63) is 81.7 Å². The van der Waals surface area contributed by atoms with E-state index in [9.17, 15) is 26.3 Å². The first-order valence-electron chi connectivity index (χ1n) is 8.48. The van der Waals surface area contributed by atoms with Crippen LogP contribution in [-0.2, 0) is 12.4 Å². The summed E-state index contributed by atoms with van der Waals surface area (Å²) in [5.74, 6) is 0. The van der Waals surface area contributed by atoms with E-state index in [4.69, 9.17) is 5.73 Å². The van der Waals surface area contributed by atoms with Gasteiger partial charge in [0, 0.05) is 6.54 Å². The average molecular weight is 411 g/mol. The summed E-state index contributed by atoms with van der Waals surface area (Å²) in [7, 11) is 0. The average Bonchev–Trinajstić information content (AvgIpc) is 2.64. The minimum absolute atomic E-state index is 0.108. The van der Waals surface area contributed by atoms with Crippen LogP contribution in [0, 0.1) is 0 Å². The Morgan fingerprint density at radius 1 is 0.931 bits per heavy atom. The van der Waals surface area contributed by atoms with Gasteiger partial charge in [-0.2, -0.15) is 26.3 Å². The smallest absolute Gasteiger partial charge is 0.326 e. The maximum atomic E-state index is 13.0. The van der Waals surface area contributed by atoms with E-state index in [-0.39, 0.29) is 23.7 Å². The molecule has 2 aromatic rings. The molecule has 2 rings (SSSR count). The van der Waals surface area contributed by atoms with Gasteiger partial charge in [0.2, 0.25) is 0 Å². The molecule has 0 bridgehead atoms. The van der Waals surface area contributed by atoms with Gasteiger partial charge in [0.1, 0.15) is 0 Å². The first-order chi connectivity index (χ1) is 13.3. The molecule has 0 aromatic heterocycles. The molecule has 0 unspecified atom stereocenters. The molecule has 0 radical (unpaired) electrons. The van der Waals surface area contributed by atoms with Crippen molar-refractivity contribution in [1.29, 1.82) is 0 Å². The van der Waals surface area contributed by atoms with E-state index in [0.717, 1.165) is 5.56 Å². The molecule has 29 heavy (non-hydrogen) atoms. The van der Waals surface area contributed by atoms with Crippen molar-refractivity contribution in [2.24, 2.45) is 5.73 Å². The zero-order valence-corrected chi connectivity index (χ0v) is 15.6. The van der Waals surface area contributed by atoms with Crippen LogP contribution < -0.4 is 16.2 Å². The van der Waals surface area contributed by atoms with Crippen LogP contribution in [-0.4, -0.2) is 6.54 Å². The number of hydrogen-bond acceptors (Lipinski definition) is 1. The minimum Gasteiger partial charge on any atom is -0.326 e. The summed E-state index contributed by atoms with van der Waals surface area (Å²) in [4.78, 5) is 0.